The fourth-order valence-electron chi connectivity index (χ4n) is 1.37. The van der Waals surface area contributed by atoms with Gasteiger partial charge in [0.25, 0.3) is 0 Å². The highest BCUT2D eigenvalue weighted by Gasteiger charge is 2.37. The molecule has 0 aliphatic rings. The standard InChI is InChI=1S/C10H20N2O4/c1-4-10(5-2,9(14)15)12-8(13)7(11)6-16-3/h7H,4-6,11H2,1-3H3,(H,12,13)(H,14,15). The van der Waals surface area contributed by atoms with Crippen molar-refractivity contribution >= 4 is 11.9 Å². The SMILES string of the molecule is CCC(CC)(NC(=O)C(N)COC)C(=O)O. The third kappa shape index (κ3) is 3.46. The van der Waals surface area contributed by atoms with Crippen molar-refractivity contribution < 1.29 is 19.4 Å². The first-order valence-corrected chi connectivity index (χ1v) is 5.23. The van der Waals surface area contributed by atoms with Crippen LogP contribution in [0.4, 0.5) is 0 Å². The average molecular weight is 232 g/mol. The average Bonchev–Trinajstić information content (AvgIpc) is 2.25. The number of amides is 1. The molecule has 0 saturated heterocycles. The van der Waals surface area contributed by atoms with Gasteiger partial charge in [0.1, 0.15) is 11.6 Å². The lowest BCUT2D eigenvalue weighted by Crippen LogP contribution is -2.58. The lowest BCUT2D eigenvalue weighted by Gasteiger charge is -2.29. The zero-order valence-electron chi connectivity index (χ0n) is 9.95. The highest BCUT2D eigenvalue weighted by Crippen LogP contribution is 2.15. The summed E-state index contributed by atoms with van der Waals surface area (Å²) in [6, 6.07) is -0.846. The van der Waals surface area contributed by atoms with E-state index in [1.165, 1.54) is 7.11 Å². The predicted octanol–water partition coefficient (Wildman–Crippen LogP) is -0.280. The van der Waals surface area contributed by atoms with Crippen molar-refractivity contribution in [1.82, 2.24) is 5.32 Å². The van der Waals surface area contributed by atoms with Crippen molar-refractivity contribution in [3.05, 3.63) is 0 Å². The van der Waals surface area contributed by atoms with Crippen LogP contribution in [0, 0.1) is 0 Å². The Bertz CT molecular complexity index is 251. The molecule has 0 radical (unpaired) electrons. The Morgan fingerprint density at radius 1 is 1.44 bits per heavy atom. The molecule has 0 saturated carbocycles. The quantitative estimate of drug-likeness (QED) is 0.560. The van der Waals surface area contributed by atoms with Crippen molar-refractivity contribution in [2.24, 2.45) is 5.73 Å². The van der Waals surface area contributed by atoms with E-state index in [9.17, 15) is 9.59 Å². The van der Waals surface area contributed by atoms with E-state index in [1.54, 1.807) is 13.8 Å². The molecule has 0 aromatic heterocycles. The number of carbonyl (C=O) groups excluding carboxylic acids is 1. The van der Waals surface area contributed by atoms with E-state index in [2.05, 4.69) is 5.32 Å². The molecular weight excluding hydrogens is 212 g/mol. The Hall–Kier alpha value is -1.14. The smallest absolute Gasteiger partial charge is 0.329 e. The summed E-state index contributed by atoms with van der Waals surface area (Å²) < 4.78 is 4.73. The normalized spacial score (nSPS) is 13.2. The molecule has 0 aliphatic heterocycles. The van der Waals surface area contributed by atoms with Crippen molar-refractivity contribution in [2.75, 3.05) is 13.7 Å². The molecule has 0 heterocycles. The Labute approximate surface area is 95.1 Å². The molecule has 0 aromatic rings. The zero-order valence-corrected chi connectivity index (χ0v) is 9.95. The van der Waals surface area contributed by atoms with E-state index in [-0.39, 0.29) is 6.61 Å². The van der Waals surface area contributed by atoms with Gasteiger partial charge in [-0.05, 0) is 12.8 Å². The van der Waals surface area contributed by atoms with Crippen LogP contribution in [0.2, 0.25) is 0 Å². The van der Waals surface area contributed by atoms with Crippen molar-refractivity contribution in [2.45, 2.75) is 38.3 Å². The highest BCUT2D eigenvalue weighted by molar-refractivity contribution is 5.89. The molecule has 6 heteroatoms. The number of nitrogens with one attached hydrogen (secondary N) is 1. The first kappa shape index (κ1) is 14.9. The Kier molecular flexibility index (Phi) is 5.98. The van der Waals surface area contributed by atoms with Crippen molar-refractivity contribution in [3.8, 4) is 0 Å². The molecule has 4 N–H and O–H groups in total. The summed E-state index contributed by atoms with van der Waals surface area (Å²) in [7, 11) is 1.43. The summed E-state index contributed by atoms with van der Waals surface area (Å²) in [5, 5.41) is 11.6. The zero-order chi connectivity index (χ0) is 12.8. The second-order valence-electron chi connectivity index (χ2n) is 3.65. The molecular formula is C10H20N2O4. The topological polar surface area (TPSA) is 102 Å². The van der Waals surface area contributed by atoms with Crippen LogP contribution in [0.1, 0.15) is 26.7 Å². The molecule has 0 aromatic carbocycles. The number of carboxylic acids is 1. The Balaban J connectivity index is 4.64. The number of hydrogen-bond acceptors (Lipinski definition) is 4. The van der Waals surface area contributed by atoms with Crippen LogP contribution in [0.3, 0.4) is 0 Å². The molecule has 1 unspecified atom stereocenters. The lowest BCUT2D eigenvalue weighted by molar-refractivity contribution is -0.148. The molecule has 0 rings (SSSR count). The largest absolute Gasteiger partial charge is 0.480 e. The fourth-order valence-corrected chi connectivity index (χ4v) is 1.37. The molecule has 0 fully saturated rings. The number of ether oxygens (including phenoxy) is 1. The van der Waals surface area contributed by atoms with Gasteiger partial charge in [0.15, 0.2) is 0 Å². The summed E-state index contributed by atoms with van der Waals surface area (Å²) >= 11 is 0. The summed E-state index contributed by atoms with van der Waals surface area (Å²) in [5.74, 6) is -1.55. The molecule has 94 valence electrons. The van der Waals surface area contributed by atoms with E-state index in [0.29, 0.717) is 12.8 Å². The molecule has 6 nitrogen and oxygen atoms in total. The number of carbonyl (C=O) groups is 2. The minimum Gasteiger partial charge on any atom is -0.480 e. The third-order valence-electron chi connectivity index (χ3n) is 2.66. The first-order chi connectivity index (χ1) is 7.43. The van der Waals surface area contributed by atoms with Gasteiger partial charge >= 0.3 is 5.97 Å². The highest BCUT2D eigenvalue weighted by atomic mass is 16.5. The van der Waals surface area contributed by atoms with E-state index < -0.39 is 23.5 Å². The number of aliphatic carboxylic acids is 1. The lowest BCUT2D eigenvalue weighted by atomic mass is 9.92. The molecule has 0 bridgehead atoms. The summed E-state index contributed by atoms with van der Waals surface area (Å²) in [6.07, 6.45) is 0.620. The van der Waals surface area contributed by atoms with Crippen LogP contribution < -0.4 is 11.1 Å². The summed E-state index contributed by atoms with van der Waals surface area (Å²) in [5.41, 5.74) is 4.28. The fraction of sp³-hybridized carbons (Fsp3) is 0.800. The second-order valence-corrected chi connectivity index (χ2v) is 3.65. The third-order valence-corrected chi connectivity index (χ3v) is 2.66. The number of hydrogen-bond donors (Lipinski definition) is 3. The van der Waals surface area contributed by atoms with Crippen molar-refractivity contribution in [1.29, 1.82) is 0 Å². The Morgan fingerprint density at radius 2 is 1.94 bits per heavy atom. The van der Waals surface area contributed by atoms with E-state index >= 15 is 0 Å². The number of methoxy groups -OCH3 is 1. The van der Waals surface area contributed by atoms with Gasteiger partial charge in [0.05, 0.1) is 6.61 Å². The van der Waals surface area contributed by atoms with Gasteiger partial charge in [-0.3, -0.25) is 4.79 Å². The summed E-state index contributed by atoms with van der Waals surface area (Å²) in [6.45, 7) is 3.48. The van der Waals surface area contributed by atoms with E-state index in [1.807, 2.05) is 0 Å². The van der Waals surface area contributed by atoms with Gasteiger partial charge in [-0.2, -0.15) is 0 Å². The minimum atomic E-state index is -1.23. The first-order valence-electron chi connectivity index (χ1n) is 5.23. The van der Waals surface area contributed by atoms with Crippen LogP contribution in [0.15, 0.2) is 0 Å². The van der Waals surface area contributed by atoms with E-state index in [0.717, 1.165) is 0 Å². The van der Waals surface area contributed by atoms with Gasteiger partial charge in [0, 0.05) is 7.11 Å². The van der Waals surface area contributed by atoms with Crippen LogP contribution in [0.5, 0.6) is 0 Å². The molecule has 1 atom stereocenters. The number of nitrogens with two attached hydrogens (primary N) is 1. The summed E-state index contributed by atoms with van der Waals surface area (Å²) in [4.78, 5) is 22.7. The number of carboxylic acid groups (broad SMARTS) is 1. The minimum absolute atomic E-state index is 0.0644. The van der Waals surface area contributed by atoms with Crippen LogP contribution in [0.25, 0.3) is 0 Å². The Morgan fingerprint density at radius 3 is 2.25 bits per heavy atom. The molecule has 1 amide bonds. The van der Waals surface area contributed by atoms with E-state index in [4.69, 9.17) is 15.6 Å². The van der Waals surface area contributed by atoms with Crippen molar-refractivity contribution in [3.63, 3.8) is 0 Å². The molecule has 0 aliphatic carbocycles. The maximum atomic E-state index is 11.6. The number of rotatable bonds is 7. The molecule has 0 spiro atoms. The van der Waals surface area contributed by atoms with Crippen LogP contribution >= 0.6 is 0 Å². The van der Waals surface area contributed by atoms with Gasteiger partial charge in [-0.25, -0.2) is 4.79 Å². The predicted molar refractivity (Wildman–Crippen MR) is 58.9 cm³/mol. The van der Waals surface area contributed by atoms with Gasteiger partial charge < -0.3 is 20.9 Å². The van der Waals surface area contributed by atoms with Gasteiger partial charge in [-0.15, -0.1) is 0 Å². The monoisotopic (exact) mass is 232 g/mol. The second kappa shape index (κ2) is 6.44. The van der Waals surface area contributed by atoms with Gasteiger partial charge in [0.2, 0.25) is 5.91 Å². The van der Waals surface area contributed by atoms with Crippen LogP contribution in [-0.4, -0.2) is 42.3 Å². The maximum absolute atomic E-state index is 11.6. The molecule has 16 heavy (non-hydrogen) atoms. The maximum Gasteiger partial charge on any atom is 0.329 e. The van der Waals surface area contributed by atoms with Crippen LogP contribution in [-0.2, 0) is 14.3 Å². The van der Waals surface area contributed by atoms with Gasteiger partial charge in [-0.1, -0.05) is 13.8 Å².